The average molecular weight is 515 g/mol. The summed E-state index contributed by atoms with van der Waals surface area (Å²) in [5.41, 5.74) is 2.96. The average Bonchev–Trinajstić information content (AvgIpc) is 3.52. The van der Waals surface area contributed by atoms with E-state index in [-0.39, 0.29) is 24.3 Å². The number of hydrogen-bond donors (Lipinski definition) is 0. The summed E-state index contributed by atoms with van der Waals surface area (Å²) < 4.78 is 35.1. The lowest BCUT2D eigenvalue weighted by Gasteiger charge is -2.16. The standard InChI is InChI=1S/C26H22Cl2F2N4O/c27-23-7-3-18(11-24(23)28)16-35-26-8-6-20(30)12-22(26)25-15-34(32-31-25)21-9-10-33(14-21)13-17-1-4-19(29)5-2-17/h1-8,11-12,15,21H,9-10,13-14,16H2. The summed E-state index contributed by atoms with van der Waals surface area (Å²) in [6.45, 7) is 2.68. The maximum absolute atomic E-state index is 14.1. The van der Waals surface area contributed by atoms with Crippen LogP contribution in [0.4, 0.5) is 8.78 Å². The third kappa shape index (κ3) is 5.64. The summed E-state index contributed by atoms with van der Waals surface area (Å²) in [4.78, 5) is 2.30. The van der Waals surface area contributed by atoms with Crippen molar-refractivity contribution in [3.05, 3.63) is 99.7 Å². The van der Waals surface area contributed by atoms with Gasteiger partial charge in [0.1, 0.15) is 29.7 Å². The van der Waals surface area contributed by atoms with Crippen LogP contribution in [0.2, 0.25) is 10.0 Å². The van der Waals surface area contributed by atoms with Crippen LogP contribution in [0.5, 0.6) is 5.75 Å². The minimum atomic E-state index is -0.386. The van der Waals surface area contributed by atoms with Crippen molar-refractivity contribution in [2.75, 3.05) is 13.1 Å². The minimum absolute atomic E-state index is 0.144. The first-order valence-electron chi connectivity index (χ1n) is 11.2. The van der Waals surface area contributed by atoms with Gasteiger partial charge in [0.15, 0.2) is 0 Å². The van der Waals surface area contributed by atoms with E-state index in [0.717, 1.165) is 37.2 Å². The van der Waals surface area contributed by atoms with Crippen LogP contribution in [-0.2, 0) is 13.2 Å². The van der Waals surface area contributed by atoms with Gasteiger partial charge < -0.3 is 4.74 Å². The fourth-order valence-corrected chi connectivity index (χ4v) is 4.54. The number of ether oxygens (including phenoxy) is 1. The van der Waals surface area contributed by atoms with Crippen LogP contribution >= 0.6 is 23.2 Å². The molecule has 1 saturated heterocycles. The first-order chi connectivity index (χ1) is 16.9. The van der Waals surface area contributed by atoms with E-state index in [0.29, 0.717) is 27.1 Å². The van der Waals surface area contributed by atoms with Gasteiger partial charge >= 0.3 is 0 Å². The molecule has 0 N–H and O–H groups in total. The number of likely N-dealkylation sites (tertiary alicyclic amines) is 1. The highest BCUT2D eigenvalue weighted by Gasteiger charge is 2.25. The van der Waals surface area contributed by atoms with Crippen molar-refractivity contribution in [1.29, 1.82) is 0 Å². The topological polar surface area (TPSA) is 43.2 Å². The molecule has 1 aromatic heterocycles. The van der Waals surface area contributed by atoms with E-state index >= 15 is 0 Å². The van der Waals surface area contributed by atoms with Crippen molar-refractivity contribution < 1.29 is 13.5 Å². The molecule has 0 amide bonds. The van der Waals surface area contributed by atoms with Crippen LogP contribution in [0.25, 0.3) is 11.3 Å². The highest BCUT2D eigenvalue weighted by Crippen LogP contribution is 2.32. The SMILES string of the molecule is Fc1ccc(CN2CCC(n3cc(-c4cc(F)ccc4OCc4ccc(Cl)c(Cl)c4)nn3)C2)cc1. The van der Waals surface area contributed by atoms with Crippen molar-refractivity contribution >= 4 is 23.2 Å². The molecule has 4 aromatic rings. The Kier molecular flexibility index (Phi) is 7.00. The minimum Gasteiger partial charge on any atom is -0.488 e. The van der Waals surface area contributed by atoms with Crippen LogP contribution in [0.15, 0.2) is 66.9 Å². The van der Waals surface area contributed by atoms with Gasteiger partial charge in [0.25, 0.3) is 0 Å². The summed E-state index contributed by atoms with van der Waals surface area (Å²) in [6, 6.07) is 16.3. The van der Waals surface area contributed by atoms with Gasteiger partial charge in [-0.15, -0.1) is 5.10 Å². The number of nitrogens with zero attached hydrogens (tertiary/aromatic N) is 4. The van der Waals surface area contributed by atoms with E-state index in [1.54, 1.807) is 30.3 Å². The molecule has 35 heavy (non-hydrogen) atoms. The van der Waals surface area contributed by atoms with E-state index in [4.69, 9.17) is 27.9 Å². The zero-order valence-electron chi connectivity index (χ0n) is 18.7. The molecule has 180 valence electrons. The van der Waals surface area contributed by atoms with Crippen LogP contribution in [-0.4, -0.2) is 33.0 Å². The Morgan fingerprint density at radius 2 is 1.69 bits per heavy atom. The molecule has 2 heterocycles. The molecule has 1 aliphatic heterocycles. The molecule has 3 aromatic carbocycles. The second-order valence-electron chi connectivity index (χ2n) is 8.57. The van der Waals surface area contributed by atoms with Gasteiger partial charge in [-0.1, -0.05) is 46.6 Å². The van der Waals surface area contributed by atoms with Crippen LogP contribution < -0.4 is 4.74 Å². The van der Waals surface area contributed by atoms with Gasteiger partial charge in [-0.05, 0) is 60.0 Å². The molecule has 0 aliphatic carbocycles. The lowest BCUT2D eigenvalue weighted by Crippen LogP contribution is -2.21. The third-order valence-corrected chi connectivity index (χ3v) is 6.79. The Morgan fingerprint density at radius 3 is 2.49 bits per heavy atom. The molecule has 5 rings (SSSR count). The lowest BCUT2D eigenvalue weighted by atomic mass is 10.1. The summed E-state index contributed by atoms with van der Waals surface area (Å²) in [6.07, 6.45) is 2.74. The number of benzene rings is 3. The molecule has 1 atom stereocenters. The van der Waals surface area contributed by atoms with Crippen molar-refractivity contribution in [2.24, 2.45) is 0 Å². The molecule has 9 heteroatoms. The highest BCUT2D eigenvalue weighted by atomic mass is 35.5. The molecule has 1 aliphatic rings. The highest BCUT2D eigenvalue weighted by molar-refractivity contribution is 6.42. The predicted octanol–water partition coefficient (Wildman–Crippen LogP) is 6.56. The normalized spacial score (nSPS) is 16.1. The van der Waals surface area contributed by atoms with Crippen molar-refractivity contribution in [1.82, 2.24) is 19.9 Å². The van der Waals surface area contributed by atoms with Crippen molar-refractivity contribution in [3.8, 4) is 17.0 Å². The van der Waals surface area contributed by atoms with E-state index in [2.05, 4.69) is 15.2 Å². The van der Waals surface area contributed by atoms with E-state index in [1.165, 1.54) is 24.3 Å². The van der Waals surface area contributed by atoms with E-state index < -0.39 is 0 Å². The summed E-state index contributed by atoms with van der Waals surface area (Å²) in [5.74, 6) is -0.127. The van der Waals surface area contributed by atoms with Crippen molar-refractivity contribution in [2.45, 2.75) is 25.6 Å². The Labute approximate surface area is 211 Å². The van der Waals surface area contributed by atoms with Gasteiger partial charge in [0.05, 0.1) is 22.3 Å². The fraction of sp³-hybridized carbons (Fsp3) is 0.231. The van der Waals surface area contributed by atoms with E-state index in [9.17, 15) is 8.78 Å². The number of rotatable bonds is 7. The number of halogens is 4. The Hall–Kier alpha value is -3.00. The van der Waals surface area contributed by atoms with Crippen molar-refractivity contribution in [3.63, 3.8) is 0 Å². The quantitative estimate of drug-likeness (QED) is 0.280. The van der Waals surface area contributed by atoms with Gasteiger partial charge in [-0.3, -0.25) is 4.90 Å². The second kappa shape index (κ2) is 10.3. The van der Waals surface area contributed by atoms with Crippen LogP contribution in [0.3, 0.4) is 0 Å². The zero-order valence-corrected chi connectivity index (χ0v) is 20.2. The zero-order chi connectivity index (χ0) is 24.4. The Morgan fingerprint density at radius 1 is 0.914 bits per heavy atom. The molecule has 5 nitrogen and oxygen atoms in total. The predicted molar refractivity (Wildman–Crippen MR) is 132 cm³/mol. The Bertz CT molecular complexity index is 1330. The second-order valence-corrected chi connectivity index (χ2v) is 9.38. The molecule has 0 bridgehead atoms. The van der Waals surface area contributed by atoms with Gasteiger partial charge in [-0.25, -0.2) is 13.5 Å². The van der Waals surface area contributed by atoms with Crippen LogP contribution in [0.1, 0.15) is 23.6 Å². The molecular weight excluding hydrogens is 493 g/mol. The first kappa shape index (κ1) is 23.7. The monoisotopic (exact) mass is 514 g/mol. The number of hydrogen-bond acceptors (Lipinski definition) is 4. The largest absolute Gasteiger partial charge is 0.488 e. The summed E-state index contributed by atoms with van der Waals surface area (Å²) in [7, 11) is 0. The Balaban J connectivity index is 1.28. The molecule has 0 spiro atoms. The molecule has 0 radical (unpaired) electrons. The van der Waals surface area contributed by atoms with Crippen LogP contribution in [0, 0.1) is 11.6 Å². The fourth-order valence-electron chi connectivity index (χ4n) is 4.22. The molecular formula is C26H22Cl2F2N4O. The molecule has 0 saturated carbocycles. The maximum atomic E-state index is 14.1. The third-order valence-electron chi connectivity index (χ3n) is 6.05. The smallest absolute Gasteiger partial charge is 0.129 e. The van der Waals surface area contributed by atoms with Gasteiger partial charge in [0, 0.05) is 25.2 Å². The maximum Gasteiger partial charge on any atom is 0.129 e. The first-order valence-corrected chi connectivity index (χ1v) is 12.0. The lowest BCUT2D eigenvalue weighted by molar-refractivity contribution is 0.307. The summed E-state index contributed by atoms with van der Waals surface area (Å²) >= 11 is 12.1. The van der Waals surface area contributed by atoms with Gasteiger partial charge in [0.2, 0.25) is 0 Å². The number of aromatic nitrogens is 3. The van der Waals surface area contributed by atoms with Gasteiger partial charge in [-0.2, -0.15) is 0 Å². The molecule has 1 fully saturated rings. The van der Waals surface area contributed by atoms with E-state index in [1.807, 2.05) is 16.9 Å². The molecule has 1 unspecified atom stereocenters. The summed E-state index contributed by atoms with van der Waals surface area (Å²) in [5, 5.41) is 9.53.